The first-order valence-electron chi connectivity index (χ1n) is 7.48. The van der Waals surface area contributed by atoms with E-state index >= 15 is 0 Å². The van der Waals surface area contributed by atoms with Crippen LogP contribution in [0.25, 0.3) is 0 Å². The van der Waals surface area contributed by atoms with Crippen molar-refractivity contribution in [1.82, 2.24) is 14.5 Å². The fourth-order valence-electron chi connectivity index (χ4n) is 2.15. The molecule has 2 rings (SSSR count). The van der Waals surface area contributed by atoms with Crippen LogP contribution in [0.15, 0.2) is 0 Å². The number of sulfonamides is 1. The van der Waals surface area contributed by atoms with E-state index in [0.717, 1.165) is 25.9 Å². The molecule has 0 aromatic heterocycles. The summed E-state index contributed by atoms with van der Waals surface area (Å²) in [5.74, 6) is 0. The molecule has 2 aliphatic rings. The van der Waals surface area contributed by atoms with Gasteiger partial charge in [-0.3, -0.25) is 0 Å². The molecule has 1 heterocycles. The third kappa shape index (κ3) is 6.26. The van der Waals surface area contributed by atoms with E-state index in [4.69, 9.17) is 0 Å². The molecule has 1 N–H and O–H groups in total. The smallest absolute Gasteiger partial charge is 0.217 e. The molecule has 1 aliphatic heterocycles. The van der Waals surface area contributed by atoms with Crippen LogP contribution in [0.1, 0.15) is 33.6 Å². The topological polar surface area (TPSA) is 52.7 Å². The minimum absolute atomic E-state index is 0. The predicted molar refractivity (Wildman–Crippen MR) is 87.1 cm³/mol. The number of hydrogen-bond donors (Lipinski definition) is 1. The first-order chi connectivity index (χ1) is 9.06. The van der Waals surface area contributed by atoms with Crippen molar-refractivity contribution in [3.63, 3.8) is 0 Å². The molecule has 122 valence electrons. The van der Waals surface area contributed by atoms with Gasteiger partial charge in [0, 0.05) is 26.2 Å². The number of halogens is 1. The van der Waals surface area contributed by atoms with E-state index < -0.39 is 10.0 Å². The summed E-state index contributed by atoms with van der Waals surface area (Å²) < 4.78 is 24.9. The third-order valence-corrected chi connectivity index (χ3v) is 6.12. The lowest BCUT2D eigenvalue weighted by atomic mass is 10.4. The highest BCUT2D eigenvalue weighted by Crippen LogP contribution is 2.30. The Balaban J connectivity index is 0.000000396. The van der Waals surface area contributed by atoms with Crippen molar-refractivity contribution < 1.29 is 8.42 Å². The van der Waals surface area contributed by atoms with Crippen LogP contribution >= 0.6 is 12.4 Å². The Morgan fingerprint density at radius 1 is 1.05 bits per heavy atom. The molecule has 5 nitrogen and oxygen atoms in total. The molecule has 0 radical (unpaired) electrons. The molecule has 0 spiro atoms. The van der Waals surface area contributed by atoms with E-state index in [2.05, 4.69) is 31.0 Å². The maximum atomic E-state index is 11.6. The highest BCUT2D eigenvalue weighted by molar-refractivity contribution is 7.90. The van der Waals surface area contributed by atoms with Crippen molar-refractivity contribution >= 4 is 22.4 Å². The van der Waals surface area contributed by atoms with Crippen LogP contribution in [-0.4, -0.2) is 68.7 Å². The minimum Gasteiger partial charge on any atom is -0.314 e. The lowest BCUT2D eigenvalue weighted by Crippen LogP contribution is -2.47. The summed E-state index contributed by atoms with van der Waals surface area (Å²) in [6.07, 6.45) is 1.73. The Labute approximate surface area is 130 Å². The summed E-state index contributed by atoms with van der Waals surface area (Å²) in [5.41, 5.74) is 0. The van der Waals surface area contributed by atoms with Gasteiger partial charge in [-0.2, -0.15) is 4.31 Å². The first kappa shape index (κ1) is 20.1. The van der Waals surface area contributed by atoms with Gasteiger partial charge in [0.25, 0.3) is 0 Å². The Morgan fingerprint density at radius 3 is 1.80 bits per heavy atom. The molecule has 0 amide bonds. The lowest BCUT2D eigenvalue weighted by molar-refractivity contribution is 0.321. The van der Waals surface area contributed by atoms with Crippen molar-refractivity contribution in [3.05, 3.63) is 0 Å². The average Bonchev–Trinajstić information content (AvgIpc) is 3.27. The zero-order valence-electron chi connectivity index (χ0n) is 13.0. The van der Waals surface area contributed by atoms with E-state index in [-0.39, 0.29) is 17.7 Å². The van der Waals surface area contributed by atoms with Crippen LogP contribution < -0.4 is 5.32 Å². The molecule has 7 heteroatoms. The van der Waals surface area contributed by atoms with Gasteiger partial charge in [-0.05, 0) is 32.5 Å². The van der Waals surface area contributed by atoms with Crippen LogP contribution in [0.2, 0.25) is 0 Å². The van der Waals surface area contributed by atoms with Gasteiger partial charge in [-0.1, -0.05) is 20.8 Å². The van der Waals surface area contributed by atoms with E-state index in [1.807, 2.05) is 0 Å². The fraction of sp³-hybridized carbons (Fsp3) is 1.00. The second kappa shape index (κ2) is 9.95. The van der Waals surface area contributed by atoms with Crippen molar-refractivity contribution in [2.45, 2.75) is 38.9 Å². The van der Waals surface area contributed by atoms with Crippen molar-refractivity contribution in [2.24, 2.45) is 0 Å². The van der Waals surface area contributed by atoms with E-state index in [1.54, 1.807) is 4.31 Å². The molecule has 1 aliphatic carbocycles. The third-order valence-electron chi connectivity index (χ3n) is 3.72. The van der Waals surface area contributed by atoms with Gasteiger partial charge in [0.1, 0.15) is 0 Å². The molecule has 2 fully saturated rings. The van der Waals surface area contributed by atoms with Crippen molar-refractivity contribution in [1.29, 1.82) is 0 Å². The van der Waals surface area contributed by atoms with Crippen LogP contribution in [0, 0.1) is 0 Å². The van der Waals surface area contributed by atoms with E-state index in [0.29, 0.717) is 13.1 Å². The summed E-state index contributed by atoms with van der Waals surface area (Å²) >= 11 is 0. The maximum Gasteiger partial charge on any atom is 0.217 e. The summed E-state index contributed by atoms with van der Waals surface area (Å²) in [4.78, 5) is 2.38. The van der Waals surface area contributed by atoms with Gasteiger partial charge in [0.05, 0.1) is 5.25 Å². The van der Waals surface area contributed by atoms with E-state index in [9.17, 15) is 8.42 Å². The average molecular weight is 328 g/mol. The van der Waals surface area contributed by atoms with Gasteiger partial charge in [-0.15, -0.1) is 12.4 Å². The normalized spacial score (nSPS) is 20.0. The zero-order chi connectivity index (χ0) is 14.3. The number of nitrogens with one attached hydrogen (secondary N) is 1. The number of piperazine rings is 1. The van der Waals surface area contributed by atoms with Gasteiger partial charge >= 0.3 is 0 Å². The molecular weight excluding hydrogens is 298 g/mol. The highest BCUT2D eigenvalue weighted by atomic mass is 35.5. The molecule has 1 saturated heterocycles. The first-order valence-corrected chi connectivity index (χ1v) is 8.98. The molecule has 1 saturated carbocycles. The van der Waals surface area contributed by atoms with Crippen LogP contribution in [-0.2, 0) is 10.0 Å². The largest absolute Gasteiger partial charge is 0.314 e. The highest BCUT2D eigenvalue weighted by Gasteiger charge is 2.40. The van der Waals surface area contributed by atoms with Gasteiger partial charge in [0.2, 0.25) is 10.0 Å². The zero-order valence-corrected chi connectivity index (χ0v) is 14.6. The van der Waals surface area contributed by atoms with Crippen molar-refractivity contribution in [2.75, 3.05) is 45.8 Å². The Kier molecular flexibility index (Phi) is 10.0. The van der Waals surface area contributed by atoms with Crippen molar-refractivity contribution in [3.8, 4) is 0 Å². The Morgan fingerprint density at radius 2 is 1.50 bits per heavy atom. The monoisotopic (exact) mass is 327 g/mol. The van der Waals surface area contributed by atoms with Gasteiger partial charge in [-0.25, -0.2) is 8.42 Å². The molecule has 0 aromatic rings. The van der Waals surface area contributed by atoms with E-state index in [1.165, 1.54) is 19.6 Å². The molecule has 20 heavy (non-hydrogen) atoms. The SMILES string of the molecule is CCN(CC)CC.Cl.O=S(=O)(C1CC1)N1CCNCC1. The Hall–Kier alpha value is 0.120. The Bertz CT molecular complexity index is 332. The summed E-state index contributed by atoms with van der Waals surface area (Å²) in [7, 11) is -2.90. The van der Waals surface area contributed by atoms with Gasteiger partial charge < -0.3 is 10.2 Å². The second-order valence-electron chi connectivity index (χ2n) is 5.01. The number of hydrogen-bond acceptors (Lipinski definition) is 4. The van der Waals surface area contributed by atoms with Crippen LogP contribution in [0.4, 0.5) is 0 Å². The summed E-state index contributed by atoms with van der Waals surface area (Å²) in [5, 5.41) is 3.09. The summed E-state index contributed by atoms with van der Waals surface area (Å²) in [6.45, 7) is 13.0. The lowest BCUT2D eigenvalue weighted by Gasteiger charge is -2.26. The maximum absolute atomic E-state index is 11.6. The van der Waals surface area contributed by atoms with Crippen LogP contribution in [0.3, 0.4) is 0 Å². The molecule has 0 atom stereocenters. The number of rotatable bonds is 5. The molecular formula is C13H30ClN3O2S. The fourth-order valence-corrected chi connectivity index (χ4v) is 3.99. The van der Waals surface area contributed by atoms with Crippen LogP contribution in [0.5, 0.6) is 0 Å². The summed E-state index contributed by atoms with van der Waals surface area (Å²) in [6, 6.07) is 0. The molecule has 0 aromatic carbocycles. The molecule has 0 unspecified atom stereocenters. The second-order valence-corrected chi connectivity index (χ2v) is 7.23. The standard InChI is InChI=1S/C7H14N2O2S.C6H15N.ClH/c10-12(11,7-1-2-7)9-5-3-8-4-6-9;1-4-7(5-2)6-3;/h7-8H,1-6H2;4-6H2,1-3H3;1H. The predicted octanol–water partition coefficient (Wildman–Crippen LogP) is 1.15. The quantitative estimate of drug-likeness (QED) is 0.823. The van der Waals surface area contributed by atoms with Gasteiger partial charge in [0.15, 0.2) is 0 Å². The molecule has 0 bridgehead atoms. The minimum atomic E-state index is -2.90. The number of nitrogens with zero attached hydrogens (tertiary/aromatic N) is 2.